The number of Topliss-reactive ketones (excluding diaryl/α,β-unsaturated/α-hetero) is 1. The van der Waals surface area contributed by atoms with E-state index in [-0.39, 0.29) is 17.2 Å². The third-order valence-electron chi connectivity index (χ3n) is 2.01. The SMILES string of the molecule is O=C(CCCCl)Cc1cccc(Cl)c1F. The molecule has 0 fully saturated rings. The second-order valence-corrected chi connectivity index (χ2v) is 4.01. The molecule has 0 atom stereocenters. The van der Waals surface area contributed by atoms with Gasteiger partial charge in [0.05, 0.1) is 5.02 Å². The normalized spacial score (nSPS) is 10.3. The molecular formula is C11H11Cl2FO. The van der Waals surface area contributed by atoms with Gasteiger partial charge in [0.15, 0.2) is 0 Å². The molecule has 1 aromatic rings. The van der Waals surface area contributed by atoms with E-state index in [1.807, 2.05) is 0 Å². The maximum Gasteiger partial charge on any atom is 0.145 e. The lowest BCUT2D eigenvalue weighted by Gasteiger charge is -2.03. The Balaban J connectivity index is 2.64. The highest BCUT2D eigenvalue weighted by molar-refractivity contribution is 6.30. The number of benzene rings is 1. The largest absolute Gasteiger partial charge is 0.299 e. The lowest BCUT2D eigenvalue weighted by atomic mass is 10.1. The smallest absolute Gasteiger partial charge is 0.145 e. The lowest BCUT2D eigenvalue weighted by molar-refractivity contribution is -0.118. The first-order valence-electron chi connectivity index (χ1n) is 4.65. The molecule has 0 aromatic heterocycles. The van der Waals surface area contributed by atoms with Gasteiger partial charge in [-0.25, -0.2) is 4.39 Å². The third-order valence-corrected chi connectivity index (χ3v) is 2.57. The molecule has 0 aliphatic carbocycles. The quantitative estimate of drug-likeness (QED) is 0.728. The highest BCUT2D eigenvalue weighted by Crippen LogP contribution is 2.18. The Labute approximate surface area is 98.2 Å². The van der Waals surface area contributed by atoms with Gasteiger partial charge in [-0.05, 0) is 18.1 Å². The highest BCUT2D eigenvalue weighted by Gasteiger charge is 2.10. The molecule has 0 saturated heterocycles. The third kappa shape index (κ3) is 3.80. The zero-order valence-electron chi connectivity index (χ0n) is 8.10. The number of carbonyl (C=O) groups excluding carboxylic acids is 1. The number of rotatable bonds is 5. The molecule has 0 aliphatic heterocycles. The van der Waals surface area contributed by atoms with Crippen LogP contribution in [-0.4, -0.2) is 11.7 Å². The summed E-state index contributed by atoms with van der Waals surface area (Å²) in [5.74, 6) is -0.0701. The maximum atomic E-state index is 13.4. The lowest BCUT2D eigenvalue weighted by Crippen LogP contribution is -2.04. The molecule has 0 unspecified atom stereocenters. The molecule has 0 saturated carbocycles. The Kier molecular flexibility index (Phi) is 5.06. The molecular weight excluding hydrogens is 238 g/mol. The van der Waals surface area contributed by atoms with E-state index in [0.717, 1.165) is 0 Å². The van der Waals surface area contributed by atoms with Crippen molar-refractivity contribution < 1.29 is 9.18 Å². The van der Waals surface area contributed by atoms with Gasteiger partial charge in [0, 0.05) is 18.7 Å². The van der Waals surface area contributed by atoms with Crippen molar-refractivity contribution in [3.8, 4) is 0 Å². The van der Waals surface area contributed by atoms with Crippen LogP contribution in [0.4, 0.5) is 4.39 Å². The van der Waals surface area contributed by atoms with Crippen molar-refractivity contribution in [3.05, 3.63) is 34.6 Å². The Hall–Kier alpha value is -0.600. The van der Waals surface area contributed by atoms with Crippen molar-refractivity contribution in [3.63, 3.8) is 0 Å². The van der Waals surface area contributed by atoms with Gasteiger partial charge in [-0.15, -0.1) is 11.6 Å². The molecule has 0 bridgehead atoms. The Bertz CT molecular complexity index is 352. The molecule has 0 N–H and O–H groups in total. The summed E-state index contributed by atoms with van der Waals surface area (Å²) in [7, 11) is 0. The number of halogens is 3. The summed E-state index contributed by atoms with van der Waals surface area (Å²) in [6, 6.07) is 4.67. The number of hydrogen-bond acceptors (Lipinski definition) is 1. The van der Waals surface area contributed by atoms with Crippen LogP contribution in [0.5, 0.6) is 0 Å². The van der Waals surface area contributed by atoms with E-state index >= 15 is 0 Å². The highest BCUT2D eigenvalue weighted by atomic mass is 35.5. The predicted molar refractivity (Wildman–Crippen MR) is 60.1 cm³/mol. The van der Waals surface area contributed by atoms with Crippen molar-refractivity contribution in [1.82, 2.24) is 0 Å². The molecule has 0 amide bonds. The molecule has 1 aromatic carbocycles. The summed E-state index contributed by atoms with van der Waals surface area (Å²) in [5.41, 5.74) is 0.349. The zero-order chi connectivity index (χ0) is 11.3. The Morgan fingerprint density at radius 2 is 2.13 bits per heavy atom. The van der Waals surface area contributed by atoms with E-state index in [1.165, 1.54) is 6.07 Å². The molecule has 0 radical (unpaired) electrons. The van der Waals surface area contributed by atoms with Crippen LogP contribution in [0.3, 0.4) is 0 Å². The van der Waals surface area contributed by atoms with E-state index in [9.17, 15) is 9.18 Å². The van der Waals surface area contributed by atoms with Crippen LogP contribution in [0.1, 0.15) is 18.4 Å². The van der Waals surface area contributed by atoms with Gasteiger partial charge in [0.2, 0.25) is 0 Å². The molecule has 0 aliphatic rings. The number of ketones is 1. The maximum absolute atomic E-state index is 13.4. The number of carbonyl (C=O) groups is 1. The fourth-order valence-corrected chi connectivity index (χ4v) is 1.58. The van der Waals surface area contributed by atoms with Crippen LogP contribution in [0.15, 0.2) is 18.2 Å². The summed E-state index contributed by atoms with van der Waals surface area (Å²) in [6.07, 6.45) is 1.10. The first kappa shape index (κ1) is 12.5. The van der Waals surface area contributed by atoms with Gasteiger partial charge in [0.1, 0.15) is 11.6 Å². The number of hydrogen-bond donors (Lipinski definition) is 0. The second kappa shape index (κ2) is 6.09. The van der Waals surface area contributed by atoms with E-state index in [2.05, 4.69) is 0 Å². The van der Waals surface area contributed by atoms with Crippen molar-refractivity contribution in [1.29, 1.82) is 0 Å². The summed E-state index contributed by atoms with van der Waals surface area (Å²) in [4.78, 5) is 11.4. The van der Waals surface area contributed by atoms with Crippen molar-refractivity contribution in [2.45, 2.75) is 19.3 Å². The van der Waals surface area contributed by atoms with Gasteiger partial charge in [-0.1, -0.05) is 23.7 Å². The van der Waals surface area contributed by atoms with Crippen LogP contribution in [0.2, 0.25) is 5.02 Å². The Morgan fingerprint density at radius 1 is 1.40 bits per heavy atom. The second-order valence-electron chi connectivity index (χ2n) is 3.22. The van der Waals surface area contributed by atoms with Crippen LogP contribution < -0.4 is 0 Å². The molecule has 0 heterocycles. The minimum Gasteiger partial charge on any atom is -0.299 e. The minimum absolute atomic E-state index is 0.0168. The molecule has 15 heavy (non-hydrogen) atoms. The summed E-state index contributed by atoms with van der Waals surface area (Å²) >= 11 is 11.1. The van der Waals surface area contributed by atoms with E-state index in [4.69, 9.17) is 23.2 Å². The number of alkyl halides is 1. The van der Waals surface area contributed by atoms with Gasteiger partial charge in [-0.3, -0.25) is 4.79 Å². The van der Waals surface area contributed by atoms with Gasteiger partial charge in [-0.2, -0.15) is 0 Å². The van der Waals surface area contributed by atoms with Crippen molar-refractivity contribution >= 4 is 29.0 Å². The van der Waals surface area contributed by atoms with Gasteiger partial charge < -0.3 is 0 Å². The summed E-state index contributed by atoms with van der Waals surface area (Å²) in [5, 5.41) is 0.0534. The standard InChI is InChI=1S/C11H11Cl2FO/c12-6-2-4-9(15)7-8-3-1-5-10(13)11(8)14/h1,3,5H,2,4,6-7H2. The van der Waals surface area contributed by atoms with Gasteiger partial charge >= 0.3 is 0 Å². The van der Waals surface area contributed by atoms with E-state index < -0.39 is 5.82 Å². The van der Waals surface area contributed by atoms with Crippen LogP contribution in [-0.2, 0) is 11.2 Å². The molecule has 82 valence electrons. The minimum atomic E-state index is -0.501. The molecule has 4 heteroatoms. The predicted octanol–water partition coefficient (Wildman–Crippen LogP) is 3.61. The monoisotopic (exact) mass is 248 g/mol. The first-order valence-corrected chi connectivity index (χ1v) is 5.57. The molecule has 1 rings (SSSR count). The fourth-order valence-electron chi connectivity index (χ4n) is 1.25. The first-order chi connectivity index (χ1) is 7.15. The fraction of sp³-hybridized carbons (Fsp3) is 0.364. The van der Waals surface area contributed by atoms with E-state index in [1.54, 1.807) is 12.1 Å². The average Bonchev–Trinajstić information content (AvgIpc) is 2.22. The molecule has 0 spiro atoms. The average molecular weight is 249 g/mol. The van der Waals surface area contributed by atoms with Crippen molar-refractivity contribution in [2.24, 2.45) is 0 Å². The Morgan fingerprint density at radius 3 is 2.80 bits per heavy atom. The van der Waals surface area contributed by atoms with Crippen LogP contribution >= 0.6 is 23.2 Å². The topological polar surface area (TPSA) is 17.1 Å². The van der Waals surface area contributed by atoms with Crippen LogP contribution in [0.25, 0.3) is 0 Å². The summed E-state index contributed by atoms with van der Waals surface area (Å²) in [6.45, 7) is 0. The zero-order valence-corrected chi connectivity index (χ0v) is 9.61. The summed E-state index contributed by atoms with van der Waals surface area (Å²) < 4.78 is 13.4. The van der Waals surface area contributed by atoms with E-state index in [0.29, 0.717) is 24.3 Å². The molecule has 1 nitrogen and oxygen atoms in total. The van der Waals surface area contributed by atoms with Gasteiger partial charge in [0.25, 0.3) is 0 Å². The van der Waals surface area contributed by atoms with Crippen molar-refractivity contribution in [2.75, 3.05) is 5.88 Å². The van der Waals surface area contributed by atoms with Crippen LogP contribution in [0, 0.1) is 5.82 Å².